The smallest absolute Gasteiger partial charge is 0.253 e. The zero-order valence-electron chi connectivity index (χ0n) is 15.4. The number of ether oxygens (including phenoxy) is 1. The number of carbonyl (C=O) groups excluding carboxylic acids is 2. The molecule has 0 unspecified atom stereocenters. The molecule has 0 N–H and O–H groups in total. The van der Waals surface area contributed by atoms with Gasteiger partial charge in [-0.3, -0.25) is 9.59 Å². The molecular weight excluding hydrogens is 422 g/mol. The minimum absolute atomic E-state index is 0.111. The first-order valence-electron chi connectivity index (χ1n) is 9.40. The summed E-state index contributed by atoms with van der Waals surface area (Å²) in [6.45, 7) is 1.68. The minimum atomic E-state index is -0.425. The molecule has 0 aliphatic carbocycles. The van der Waals surface area contributed by atoms with Crippen LogP contribution in [0.15, 0.2) is 53.0 Å². The van der Waals surface area contributed by atoms with Gasteiger partial charge in [-0.25, -0.2) is 14.9 Å². The van der Waals surface area contributed by atoms with Crippen LogP contribution in [-0.2, 0) is 9.59 Å². The number of benzene rings is 2. The summed E-state index contributed by atoms with van der Waals surface area (Å²) >= 11 is 3.48. The molecule has 2 aromatic carbocycles. The average Bonchev–Trinajstić information content (AvgIpc) is 3.35. The molecule has 3 heterocycles. The van der Waals surface area contributed by atoms with Crippen molar-refractivity contribution in [3.8, 4) is 5.75 Å². The predicted molar refractivity (Wildman–Crippen MR) is 108 cm³/mol. The van der Waals surface area contributed by atoms with Crippen molar-refractivity contribution in [3.05, 3.63) is 58.6 Å². The molecule has 144 valence electrons. The zero-order chi connectivity index (χ0) is 19.4. The maximum Gasteiger partial charge on any atom is 0.253 e. The van der Waals surface area contributed by atoms with E-state index in [4.69, 9.17) is 4.74 Å². The van der Waals surface area contributed by atoms with E-state index in [0.717, 1.165) is 29.5 Å². The molecule has 2 amide bonds. The van der Waals surface area contributed by atoms with Gasteiger partial charge in [0.2, 0.25) is 5.91 Å². The fraction of sp³-hybridized carbons (Fsp3) is 0.333. The number of rotatable bonds is 3. The van der Waals surface area contributed by atoms with Crippen molar-refractivity contribution in [1.29, 1.82) is 0 Å². The summed E-state index contributed by atoms with van der Waals surface area (Å²) in [7, 11) is 1.59. The van der Waals surface area contributed by atoms with E-state index in [-0.39, 0.29) is 17.9 Å². The number of halogens is 1. The fourth-order valence-corrected chi connectivity index (χ4v) is 5.02. The molecule has 7 heteroatoms. The van der Waals surface area contributed by atoms with E-state index in [0.29, 0.717) is 11.4 Å². The van der Waals surface area contributed by atoms with E-state index in [9.17, 15) is 9.59 Å². The summed E-state index contributed by atoms with van der Waals surface area (Å²) in [5.41, 5.74) is 1.67. The van der Waals surface area contributed by atoms with Crippen molar-refractivity contribution < 1.29 is 14.3 Å². The molecule has 0 aromatic heterocycles. The summed E-state index contributed by atoms with van der Waals surface area (Å²) < 4.78 is 6.19. The Kier molecular flexibility index (Phi) is 4.26. The third-order valence-electron chi connectivity index (χ3n) is 5.95. The lowest BCUT2D eigenvalue weighted by atomic mass is 9.90. The standard InChI is InChI=1S/C21H20BrN3O3/c1-28-16-9-7-15(8-10-16)25-20(26)17-18(13-3-5-14(22)6-4-13)23-11-2-12-24(23)19(17)21(25)27/h3-10,17-19H,2,11-12H2,1H3/t17-,18-,19-/m1/s1. The van der Waals surface area contributed by atoms with Crippen molar-refractivity contribution in [3.63, 3.8) is 0 Å². The Morgan fingerprint density at radius 1 is 0.893 bits per heavy atom. The van der Waals surface area contributed by atoms with Crippen LogP contribution in [-0.4, -0.2) is 48.1 Å². The van der Waals surface area contributed by atoms with Crippen molar-refractivity contribution in [2.45, 2.75) is 18.5 Å². The lowest BCUT2D eigenvalue weighted by molar-refractivity contribution is -0.126. The predicted octanol–water partition coefficient (Wildman–Crippen LogP) is 2.99. The first-order valence-corrected chi connectivity index (χ1v) is 10.2. The number of hydrogen-bond acceptors (Lipinski definition) is 5. The summed E-state index contributed by atoms with van der Waals surface area (Å²) in [5.74, 6) is 0.0479. The Morgan fingerprint density at radius 3 is 2.18 bits per heavy atom. The van der Waals surface area contributed by atoms with E-state index >= 15 is 0 Å². The van der Waals surface area contributed by atoms with Gasteiger partial charge in [-0.05, 0) is 48.4 Å². The second-order valence-electron chi connectivity index (χ2n) is 7.36. The van der Waals surface area contributed by atoms with Crippen LogP contribution in [0.3, 0.4) is 0 Å². The van der Waals surface area contributed by atoms with Crippen LogP contribution in [0, 0.1) is 5.92 Å². The summed E-state index contributed by atoms with van der Waals surface area (Å²) in [5, 5.41) is 4.33. The second-order valence-corrected chi connectivity index (χ2v) is 8.27. The maximum atomic E-state index is 13.4. The molecule has 5 rings (SSSR count). The first kappa shape index (κ1) is 17.8. The molecule has 3 aliphatic rings. The van der Waals surface area contributed by atoms with Crippen LogP contribution in [0.2, 0.25) is 0 Å². The van der Waals surface area contributed by atoms with Crippen molar-refractivity contribution >= 4 is 33.4 Å². The molecule has 2 aromatic rings. The van der Waals surface area contributed by atoms with Gasteiger partial charge in [0.1, 0.15) is 11.8 Å². The monoisotopic (exact) mass is 441 g/mol. The summed E-state index contributed by atoms with van der Waals surface area (Å²) in [4.78, 5) is 28.1. The number of methoxy groups -OCH3 is 1. The molecule has 0 spiro atoms. The highest BCUT2D eigenvalue weighted by Crippen LogP contribution is 2.49. The zero-order valence-corrected chi connectivity index (χ0v) is 17.0. The lowest BCUT2D eigenvalue weighted by Gasteiger charge is -2.29. The van der Waals surface area contributed by atoms with Crippen LogP contribution < -0.4 is 9.64 Å². The maximum absolute atomic E-state index is 13.4. The SMILES string of the molecule is COc1ccc(N2C(=O)[C@@H]3[C@@H](c4ccc(Br)cc4)N4CCCN4[C@H]3C2=O)cc1. The number of imide groups is 1. The van der Waals surface area contributed by atoms with Gasteiger partial charge in [-0.15, -0.1) is 0 Å². The fourth-order valence-electron chi connectivity index (χ4n) is 4.76. The van der Waals surface area contributed by atoms with E-state index in [2.05, 4.69) is 25.9 Å². The highest BCUT2D eigenvalue weighted by atomic mass is 79.9. The Balaban J connectivity index is 1.55. The van der Waals surface area contributed by atoms with E-state index in [1.54, 1.807) is 31.4 Å². The topological polar surface area (TPSA) is 53.1 Å². The summed E-state index contributed by atoms with van der Waals surface area (Å²) in [6, 6.07) is 14.6. The Hall–Kier alpha value is -2.22. The first-order chi connectivity index (χ1) is 13.6. The molecular formula is C21H20BrN3O3. The van der Waals surface area contributed by atoms with E-state index in [1.807, 2.05) is 24.3 Å². The van der Waals surface area contributed by atoms with Crippen LogP contribution in [0.4, 0.5) is 5.69 Å². The van der Waals surface area contributed by atoms with Crippen LogP contribution in [0.1, 0.15) is 18.0 Å². The number of hydrogen-bond donors (Lipinski definition) is 0. The van der Waals surface area contributed by atoms with Gasteiger partial charge < -0.3 is 4.74 Å². The van der Waals surface area contributed by atoms with Crippen LogP contribution in [0.25, 0.3) is 0 Å². The van der Waals surface area contributed by atoms with Gasteiger partial charge in [0, 0.05) is 17.6 Å². The van der Waals surface area contributed by atoms with Crippen molar-refractivity contribution in [1.82, 2.24) is 10.0 Å². The number of nitrogens with zero attached hydrogens (tertiary/aromatic N) is 3. The largest absolute Gasteiger partial charge is 0.497 e. The molecule has 3 fully saturated rings. The van der Waals surface area contributed by atoms with Gasteiger partial charge in [-0.1, -0.05) is 28.1 Å². The number of hydrazine groups is 1. The lowest BCUT2D eigenvalue weighted by Crippen LogP contribution is -2.44. The van der Waals surface area contributed by atoms with Crippen molar-refractivity contribution in [2.24, 2.45) is 5.92 Å². The normalized spacial score (nSPS) is 27.4. The Bertz CT molecular complexity index is 931. The molecule has 3 aliphatic heterocycles. The molecule has 3 saturated heterocycles. The number of fused-ring (bicyclic) bond motifs is 3. The van der Waals surface area contributed by atoms with Gasteiger partial charge in [0.25, 0.3) is 5.91 Å². The third-order valence-corrected chi connectivity index (χ3v) is 6.48. The van der Waals surface area contributed by atoms with Crippen molar-refractivity contribution in [2.75, 3.05) is 25.1 Å². The van der Waals surface area contributed by atoms with Crippen LogP contribution in [0.5, 0.6) is 5.75 Å². The minimum Gasteiger partial charge on any atom is -0.497 e. The number of anilines is 1. The number of carbonyl (C=O) groups is 2. The summed E-state index contributed by atoms with van der Waals surface area (Å²) in [6.07, 6.45) is 1.00. The van der Waals surface area contributed by atoms with Crippen LogP contribution >= 0.6 is 15.9 Å². The average molecular weight is 442 g/mol. The van der Waals surface area contributed by atoms with Gasteiger partial charge >= 0.3 is 0 Å². The van der Waals surface area contributed by atoms with Gasteiger partial charge in [-0.2, -0.15) is 0 Å². The highest BCUT2D eigenvalue weighted by Gasteiger charge is 2.62. The second kappa shape index (κ2) is 6.69. The van der Waals surface area contributed by atoms with Gasteiger partial charge in [0.15, 0.2) is 0 Å². The molecule has 0 bridgehead atoms. The molecule has 6 nitrogen and oxygen atoms in total. The van der Waals surface area contributed by atoms with Gasteiger partial charge in [0.05, 0.1) is 24.8 Å². The molecule has 3 atom stereocenters. The third kappa shape index (κ3) is 2.53. The Labute approximate surface area is 171 Å². The van der Waals surface area contributed by atoms with E-state index < -0.39 is 12.0 Å². The molecule has 28 heavy (non-hydrogen) atoms. The quantitative estimate of drug-likeness (QED) is 0.685. The number of amides is 2. The Morgan fingerprint density at radius 2 is 1.54 bits per heavy atom. The van der Waals surface area contributed by atoms with E-state index in [1.165, 1.54) is 4.90 Å². The highest BCUT2D eigenvalue weighted by molar-refractivity contribution is 9.10. The molecule has 0 radical (unpaired) electrons. The molecule has 0 saturated carbocycles.